The molecule has 0 aliphatic carbocycles. The van der Waals surface area contributed by atoms with Crippen LogP contribution in [0.5, 0.6) is 0 Å². The first-order chi connectivity index (χ1) is 3.66. The van der Waals surface area contributed by atoms with Gasteiger partial charge in [0.15, 0.2) is 5.14 Å². The van der Waals surface area contributed by atoms with Gasteiger partial charge in [0.1, 0.15) is 0 Å². The first-order valence-electron chi connectivity index (χ1n) is 2.07. The van der Waals surface area contributed by atoms with E-state index < -0.39 is 5.14 Å². The molecule has 2 N–H and O–H groups in total. The van der Waals surface area contributed by atoms with Crippen LogP contribution >= 0.6 is 15.9 Å². The number of allylic oxidation sites excluding steroid dienone is 1. The Morgan fingerprint density at radius 1 is 1.88 bits per heavy atom. The molecule has 0 saturated carbocycles. The third-order valence-corrected chi connectivity index (χ3v) is 0.780. The van der Waals surface area contributed by atoms with Crippen molar-refractivity contribution in [3.8, 4) is 0 Å². The number of alkyl halides is 1. The monoisotopic (exact) mass is 177 g/mol. The highest BCUT2D eigenvalue weighted by Crippen LogP contribution is 1.92. The van der Waals surface area contributed by atoms with Gasteiger partial charge in [0, 0.05) is 5.70 Å². The molecule has 0 aliphatic heterocycles. The predicted molar refractivity (Wildman–Crippen MR) is 37.4 cm³/mol. The van der Waals surface area contributed by atoms with Crippen molar-refractivity contribution in [1.82, 2.24) is 5.32 Å². The van der Waals surface area contributed by atoms with Crippen molar-refractivity contribution in [2.45, 2.75) is 5.14 Å². The topological polar surface area (TPSA) is 32.3 Å². The van der Waals surface area contributed by atoms with Gasteiger partial charge in [-0.3, -0.25) is 0 Å². The van der Waals surface area contributed by atoms with Crippen molar-refractivity contribution in [1.29, 1.82) is 0 Å². The highest BCUT2D eigenvalue weighted by atomic mass is 79.9. The molecule has 0 aromatic heterocycles. The number of nitrogens with one attached hydrogen (secondary N) is 1. The summed E-state index contributed by atoms with van der Waals surface area (Å²) in [6.45, 7) is 6.91. The van der Waals surface area contributed by atoms with Crippen LogP contribution in [0.4, 0.5) is 0 Å². The molecular weight excluding hydrogens is 170 g/mol. The van der Waals surface area contributed by atoms with Gasteiger partial charge < -0.3 is 10.4 Å². The standard InChI is InChI=1S/C5H8BrNO/c1-3-4(2)7-5(6)8/h3,5,7-8H,1-2H2. The van der Waals surface area contributed by atoms with Crippen LogP contribution in [0.15, 0.2) is 24.9 Å². The molecule has 0 aromatic rings. The number of halogens is 1. The van der Waals surface area contributed by atoms with Crippen molar-refractivity contribution in [3.05, 3.63) is 24.9 Å². The van der Waals surface area contributed by atoms with Crippen LogP contribution in [0.1, 0.15) is 0 Å². The van der Waals surface area contributed by atoms with Crippen molar-refractivity contribution >= 4 is 15.9 Å². The third kappa shape index (κ3) is 3.89. The smallest absolute Gasteiger partial charge is 0.182 e. The summed E-state index contributed by atoms with van der Waals surface area (Å²) in [4.78, 5) is 0. The largest absolute Gasteiger partial charge is 0.364 e. The van der Waals surface area contributed by atoms with E-state index in [4.69, 9.17) is 5.11 Å². The van der Waals surface area contributed by atoms with E-state index in [0.29, 0.717) is 5.70 Å². The number of hydrogen-bond acceptors (Lipinski definition) is 2. The van der Waals surface area contributed by atoms with Crippen LogP contribution in [0.3, 0.4) is 0 Å². The maximum atomic E-state index is 8.55. The van der Waals surface area contributed by atoms with Gasteiger partial charge in [-0.25, -0.2) is 0 Å². The second kappa shape index (κ2) is 3.69. The van der Waals surface area contributed by atoms with Crippen LogP contribution in [0, 0.1) is 0 Å². The molecule has 0 bridgehead atoms. The Morgan fingerprint density at radius 3 is 2.50 bits per heavy atom. The van der Waals surface area contributed by atoms with Gasteiger partial charge >= 0.3 is 0 Å². The molecule has 0 aliphatic rings. The van der Waals surface area contributed by atoms with E-state index in [-0.39, 0.29) is 0 Å². The van der Waals surface area contributed by atoms with E-state index in [0.717, 1.165) is 0 Å². The van der Waals surface area contributed by atoms with Crippen LogP contribution in [0.2, 0.25) is 0 Å². The van der Waals surface area contributed by atoms with Gasteiger partial charge in [0.2, 0.25) is 0 Å². The van der Waals surface area contributed by atoms with Crippen LogP contribution < -0.4 is 5.32 Å². The van der Waals surface area contributed by atoms with E-state index in [1.807, 2.05) is 0 Å². The average Bonchev–Trinajstić information content (AvgIpc) is 1.65. The van der Waals surface area contributed by atoms with Crippen LogP contribution in [-0.2, 0) is 0 Å². The van der Waals surface area contributed by atoms with Crippen molar-refractivity contribution < 1.29 is 5.11 Å². The van der Waals surface area contributed by atoms with Crippen molar-refractivity contribution in [2.75, 3.05) is 0 Å². The van der Waals surface area contributed by atoms with Gasteiger partial charge in [-0.1, -0.05) is 13.2 Å². The zero-order valence-electron chi connectivity index (χ0n) is 4.39. The Morgan fingerprint density at radius 2 is 2.38 bits per heavy atom. The number of aliphatic hydroxyl groups is 1. The predicted octanol–water partition coefficient (Wildman–Crippen LogP) is 0.946. The van der Waals surface area contributed by atoms with Gasteiger partial charge in [-0.05, 0) is 22.0 Å². The summed E-state index contributed by atoms with van der Waals surface area (Å²) in [6, 6.07) is 0. The van der Waals surface area contributed by atoms with Crippen LogP contribution in [0.25, 0.3) is 0 Å². The molecule has 1 unspecified atom stereocenters. The molecule has 3 heteroatoms. The van der Waals surface area contributed by atoms with Gasteiger partial charge in [0.05, 0.1) is 0 Å². The third-order valence-electron chi connectivity index (χ3n) is 0.551. The fraction of sp³-hybridized carbons (Fsp3) is 0.200. The lowest BCUT2D eigenvalue weighted by Gasteiger charge is -2.04. The number of rotatable bonds is 3. The molecule has 2 nitrogen and oxygen atoms in total. The summed E-state index contributed by atoms with van der Waals surface area (Å²) in [5, 5.41) is 10.4. The lowest BCUT2D eigenvalue weighted by atomic mass is 10.5. The zero-order valence-corrected chi connectivity index (χ0v) is 5.98. The Kier molecular flexibility index (Phi) is 3.56. The highest BCUT2D eigenvalue weighted by Gasteiger charge is 1.91. The summed E-state index contributed by atoms with van der Waals surface area (Å²) in [5.41, 5.74) is 0.592. The molecule has 0 rings (SSSR count). The summed E-state index contributed by atoms with van der Waals surface area (Å²) >= 11 is 2.85. The fourth-order valence-corrected chi connectivity index (χ4v) is 0.506. The average molecular weight is 178 g/mol. The summed E-state index contributed by atoms with van der Waals surface area (Å²) < 4.78 is 0. The lowest BCUT2D eigenvalue weighted by molar-refractivity contribution is 0.247. The molecule has 46 valence electrons. The van der Waals surface area contributed by atoms with E-state index in [9.17, 15) is 0 Å². The molecule has 0 saturated heterocycles. The van der Waals surface area contributed by atoms with Gasteiger partial charge in [-0.15, -0.1) is 0 Å². The number of aliphatic hydroxyl groups excluding tert-OH is 1. The summed E-state index contributed by atoms with van der Waals surface area (Å²) in [5.74, 6) is 0. The van der Waals surface area contributed by atoms with E-state index in [2.05, 4.69) is 34.4 Å². The molecule has 1 atom stereocenters. The maximum Gasteiger partial charge on any atom is 0.182 e. The number of hydrogen-bond donors (Lipinski definition) is 2. The molecule has 0 heterocycles. The Hall–Kier alpha value is -0.280. The lowest BCUT2D eigenvalue weighted by Crippen LogP contribution is -2.19. The van der Waals surface area contributed by atoms with Crippen LogP contribution in [-0.4, -0.2) is 10.2 Å². The highest BCUT2D eigenvalue weighted by molar-refractivity contribution is 9.09. The summed E-state index contributed by atoms with van der Waals surface area (Å²) in [7, 11) is 0. The van der Waals surface area contributed by atoms with E-state index >= 15 is 0 Å². The first-order valence-corrected chi connectivity index (χ1v) is 2.98. The molecular formula is C5H8BrNO. The van der Waals surface area contributed by atoms with Gasteiger partial charge in [-0.2, -0.15) is 0 Å². The minimum Gasteiger partial charge on any atom is -0.364 e. The normalized spacial score (nSPS) is 12.2. The molecule has 0 aromatic carbocycles. The second-order valence-corrected chi connectivity index (χ2v) is 2.08. The zero-order chi connectivity index (χ0) is 6.57. The SMILES string of the molecule is C=CC(=C)NC(O)Br. The van der Waals surface area contributed by atoms with E-state index in [1.54, 1.807) is 0 Å². The molecule has 8 heavy (non-hydrogen) atoms. The Bertz CT molecular complexity index is 101. The molecule has 0 amide bonds. The quantitative estimate of drug-likeness (QED) is 0.292. The van der Waals surface area contributed by atoms with Crippen molar-refractivity contribution in [3.63, 3.8) is 0 Å². The maximum absolute atomic E-state index is 8.55. The molecule has 0 spiro atoms. The summed E-state index contributed by atoms with van der Waals surface area (Å²) in [6.07, 6.45) is 1.52. The van der Waals surface area contributed by atoms with Gasteiger partial charge in [0.25, 0.3) is 0 Å². The molecule has 0 fully saturated rings. The molecule has 0 radical (unpaired) electrons. The Labute approximate surface area is 57.0 Å². The van der Waals surface area contributed by atoms with E-state index in [1.165, 1.54) is 6.08 Å². The minimum absolute atomic E-state index is 0.592. The Balaban J connectivity index is 3.39. The first kappa shape index (κ1) is 7.72. The second-order valence-electron chi connectivity index (χ2n) is 1.21. The fourth-order valence-electron chi connectivity index (χ4n) is 0.212. The van der Waals surface area contributed by atoms with Crippen molar-refractivity contribution in [2.24, 2.45) is 0 Å². The minimum atomic E-state index is -0.729.